The van der Waals surface area contributed by atoms with Crippen molar-refractivity contribution in [3.8, 4) is 5.75 Å². The first-order valence-corrected chi connectivity index (χ1v) is 9.97. The van der Waals surface area contributed by atoms with Gasteiger partial charge in [0, 0.05) is 20.8 Å². The van der Waals surface area contributed by atoms with Crippen molar-refractivity contribution in [2.75, 3.05) is 7.11 Å². The molecule has 0 spiro atoms. The number of carbonyl (C=O) groups is 1. The first-order chi connectivity index (χ1) is 13.0. The van der Waals surface area contributed by atoms with Gasteiger partial charge in [0.15, 0.2) is 5.16 Å². The number of H-pyrrole nitrogens is 1. The fourth-order valence-electron chi connectivity index (χ4n) is 2.44. The van der Waals surface area contributed by atoms with Crippen molar-refractivity contribution in [2.45, 2.75) is 24.3 Å². The van der Waals surface area contributed by atoms with Crippen LogP contribution in [0.2, 0.25) is 0 Å². The van der Waals surface area contributed by atoms with Gasteiger partial charge in [0.25, 0.3) is 5.91 Å². The number of hydrogen-bond acceptors (Lipinski definition) is 5. The SMILES string of the molecule is COc1ccc(Br)cc1/C=N\NC(=O)c1ccc2nc(SC(C)C)[nH]c2c1. The Labute approximate surface area is 169 Å². The topological polar surface area (TPSA) is 79.4 Å². The van der Waals surface area contributed by atoms with E-state index in [-0.39, 0.29) is 5.91 Å². The Balaban J connectivity index is 1.73. The van der Waals surface area contributed by atoms with Crippen molar-refractivity contribution in [1.82, 2.24) is 15.4 Å². The van der Waals surface area contributed by atoms with Crippen LogP contribution in [0.4, 0.5) is 0 Å². The number of nitrogens with zero attached hydrogens (tertiary/aromatic N) is 2. The van der Waals surface area contributed by atoms with E-state index >= 15 is 0 Å². The van der Waals surface area contributed by atoms with Gasteiger partial charge in [-0.1, -0.05) is 41.5 Å². The molecule has 0 bridgehead atoms. The molecule has 0 saturated heterocycles. The molecule has 0 saturated carbocycles. The summed E-state index contributed by atoms with van der Waals surface area (Å²) in [7, 11) is 1.59. The van der Waals surface area contributed by atoms with Gasteiger partial charge in [0.1, 0.15) is 5.75 Å². The number of halogens is 1. The number of thioether (sulfide) groups is 1. The maximum Gasteiger partial charge on any atom is 0.271 e. The van der Waals surface area contributed by atoms with Crippen LogP contribution in [-0.2, 0) is 0 Å². The minimum atomic E-state index is -0.297. The molecule has 1 heterocycles. The molecule has 0 atom stereocenters. The lowest BCUT2D eigenvalue weighted by atomic mass is 10.2. The molecule has 1 amide bonds. The normalized spacial score (nSPS) is 11.4. The van der Waals surface area contributed by atoms with E-state index in [9.17, 15) is 4.79 Å². The summed E-state index contributed by atoms with van der Waals surface area (Å²) in [5.74, 6) is 0.375. The molecule has 0 radical (unpaired) electrons. The van der Waals surface area contributed by atoms with Gasteiger partial charge in [-0.05, 0) is 36.4 Å². The molecule has 0 unspecified atom stereocenters. The summed E-state index contributed by atoms with van der Waals surface area (Å²) in [5.41, 5.74) is 5.46. The maximum atomic E-state index is 12.4. The molecule has 1 aromatic heterocycles. The third kappa shape index (κ3) is 4.90. The van der Waals surface area contributed by atoms with Gasteiger partial charge in [0.05, 0.1) is 24.4 Å². The summed E-state index contributed by atoms with van der Waals surface area (Å²) in [6.07, 6.45) is 1.55. The molecular weight excluding hydrogens is 428 g/mol. The first kappa shape index (κ1) is 19.4. The first-order valence-electron chi connectivity index (χ1n) is 8.29. The maximum absolute atomic E-state index is 12.4. The van der Waals surface area contributed by atoms with Crippen molar-refractivity contribution in [2.24, 2.45) is 5.10 Å². The number of benzene rings is 2. The number of hydrazone groups is 1. The van der Waals surface area contributed by atoms with Crippen LogP contribution in [-0.4, -0.2) is 34.4 Å². The zero-order valence-corrected chi connectivity index (χ0v) is 17.5. The van der Waals surface area contributed by atoms with E-state index in [2.05, 4.69) is 50.3 Å². The van der Waals surface area contributed by atoms with Crippen LogP contribution in [0.1, 0.15) is 29.8 Å². The summed E-state index contributed by atoms with van der Waals surface area (Å²) in [6, 6.07) is 10.9. The molecule has 0 aliphatic rings. The van der Waals surface area contributed by atoms with E-state index in [1.54, 1.807) is 37.2 Å². The molecule has 0 fully saturated rings. The van der Waals surface area contributed by atoms with E-state index in [1.807, 2.05) is 24.3 Å². The van der Waals surface area contributed by atoms with Gasteiger partial charge in [-0.2, -0.15) is 5.10 Å². The van der Waals surface area contributed by atoms with Gasteiger partial charge in [-0.15, -0.1) is 0 Å². The molecule has 140 valence electrons. The molecule has 2 aromatic carbocycles. The van der Waals surface area contributed by atoms with Crippen LogP contribution in [0.25, 0.3) is 11.0 Å². The lowest BCUT2D eigenvalue weighted by Gasteiger charge is -2.04. The number of aromatic amines is 1. The van der Waals surface area contributed by atoms with Gasteiger partial charge < -0.3 is 9.72 Å². The number of hydrogen-bond donors (Lipinski definition) is 2. The number of methoxy groups -OCH3 is 1. The quantitative estimate of drug-likeness (QED) is 0.329. The Morgan fingerprint density at radius 1 is 1.33 bits per heavy atom. The predicted octanol–water partition coefficient (Wildman–Crippen LogP) is 4.60. The van der Waals surface area contributed by atoms with Crippen molar-refractivity contribution < 1.29 is 9.53 Å². The molecule has 8 heteroatoms. The lowest BCUT2D eigenvalue weighted by molar-refractivity contribution is 0.0955. The van der Waals surface area contributed by atoms with Crippen LogP contribution >= 0.6 is 27.7 Å². The third-order valence-corrected chi connectivity index (χ3v) is 5.01. The minimum absolute atomic E-state index is 0.297. The van der Waals surface area contributed by atoms with Crippen molar-refractivity contribution in [3.63, 3.8) is 0 Å². The van der Waals surface area contributed by atoms with E-state index in [0.29, 0.717) is 16.6 Å². The van der Waals surface area contributed by atoms with Gasteiger partial charge >= 0.3 is 0 Å². The zero-order chi connectivity index (χ0) is 19.4. The molecule has 0 aliphatic carbocycles. The largest absolute Gasteiger partial charge is 0.496 e. The van der Waals surface area contributed by atoms with Gasteiger partial charge in [0.2, 0.25) is 0 Å². The summed E-state index contributed by atoms with van der Waals surface area (Å²) in [4.78, 5) is 20.1. The molecule has 0 aliphatic heterocycles. The fraction of sp³-hybridized carbons (Fsp3) is 0.211. The second-order valence-corrected chi connectivity index (χ2v) is 8.51. The average Bonchev–Trinajstić information content (AvgIpc) is 3.02. The second kappa shape index (κ2) is 8.58. The molecule has 2 N–H and O–H groups in total. The van der Waals surface area contributed by atoms with Gasteiger partial charge in [-0.25, -0.2) is 10.4 Å². The van der Waals surface area contributed by atoms with Crippen LogP contribution in [0.5, 0.6) is 5.75 Å². The standard InChI is InChI=1S/C19H19BrN4O2S/c1-11(2)27-19-22-15-6-4-12(9-16(15)23-19)18(25)24-21-10-13-8-14(20)5-7-17(13)26-3/h4-11H,1-3H3,(H,22,23)(H,24,25)/b21-10-. The van der Waals surface area contributed by atoms with Crippen LogP contribution in [0.3, 0.4) is 0 Å². The molecule has 27 heavy (non-hydrogen) atoms. The van der Waals surface area contributed by atoms with Crippen molar-refractivity contribution >= 4 is 50.8 Å². The highest BCUT2D eigenvalue weighted by Crippen LogP contribution is 2.24. The number of carbonyl (C=O) groups excluding carboxylic acids is 1. The van der Waals surface area contributed by atoms with E-state index in [1.165, 1.54) is 0 Å². The third-order valence-electron chi connectivity index (χ3n) is 3.63. The molecule has 3 rings (SSSR count). The van der Waals surface area contributed by atoms with Gasteiger partial charge in [-0.3, -0.25) is 4.79 Å². The Morgan fingerprint density at radius 3 is 2.89 bits per heavy atom. The smallest absolute Gasteiger partial charge is 0.271 e. The predicted molar refractivity (Wildman–Crippen MR) is 113 cm³/mol. The van der Waals surface area contributed by atoms with Crippen molar-refractivity contribution in [3.05, 3.63) is 52.0 Å². The number of fused-ring (bicyclic) bond motifs is 1. The highest BCUT2D eigenvalue weighted by Gasteiger charge is 2.10. The fourth-order valence-corrected chi connectivity index (χ4v) is 3.58. The van der Waals surface area contributed by atoms with E-state index in [0.717, 1.165) is 26.2 Å². The molecule has 6 nitrogen and oxygen atoms in total. The van der Waals surface area contributed by atoms with Crippen LogP contribution in [0, 0.1) is 0 Å². The highest BCUT2D eigenvalue weighted by atomic mass is 79.9. The van der Waals surface area contributed by atoms with E-state index < -0.39 is 0 Å². The van der Waals surface area contributed by atoms with Crippen LogP contribution < -0.4 is 10.2 Å². The number of imidazole rings is 1. The highest BCUT2D eigenvalue weighted by molar-refractivity contribution is 9.10. The second-order valence-electron chi connectivity index (χ2n) is 6.03. The molecule has 3 aromatic rings. The number of amides is 1. The summed E-state index contributed by atoms with van der Waals surface area (Å²) in [5, 5.41) is 5.31. The Kier molecular flexibility index (Phi) is 6.18. The zero-order valence-electron chi connectivity index (χ0n) is 15.1. The number of rotatable bonds is 6. The number of aromatic nitrogens is 2. The Morgan fingerprint density at radius 2 is 2.15 bits per heavy atom. The Hall–Kier alpha value is -2.32. The van der Waals surface area contributed by atoms with E-state index in [4.69, 9.17) is 4.74 Å². The van der Waals surface area contributed by atoms with Crippen molar-refractivity contribution in [1.29, 1.82) is 0 Å². The Bertz CT molecular complexity index is 1000. The average molecular weight is 447 g/mol. The monoisotopic (exact) mass is 446 g/mol. The lowest BCUT2D eigenvalue weighted by Crippen LogP contribution is -2.17. The number of nitrogens with one attached hydrogen (secondary N) is 2. The summed E-state index contributed by atoms with van der Waals surface area (Å²) >= 11 is 5.06. The summed E-state index contributed by atoms with van der Waals surface area (Å²) in [6.45, 7) is 4.21. The number of ether oxygens (including phenoxy) is 1. The van der Waals surface area contributed by atoms with Crippen LogP contribution in [0.15, 0.2) is 51.1 Å². The summed E-state index contributed by atoms with van der Waals surface area (Å²) < 4.78 is 6.18. The molecular formula is C19H19BrN4O2S. The minimum Gasteiger partial charge on any atom is -0.496 e.